The maximum Gasteiger partial charge on any atom is 0.223 e. The number of para-hydroxylation sites is 1. The monoisotopic (exact) mass is 272 g/mol. The predicted molar refractivity (Wildman–Crippen MR) is 76.5 cm³/mol. The number of methoxy groups -OCH3 is 1. The molecule has 0 aliphatic heterocycles. The summed E-state index contributed by atoms with van der Waals surface area (Å²) in [6, 6.07) is 9.46. The summed E-state index contributed by atoms with van der Waals surface area (Å²) < 4.78 is 8.16. The van der Waals surface area contributed by atoms with E-state index in [4.69, 9.17) is 4.74 Å². The minimum Gasteiger partial charge on any atom is -0.491 e. The summed E-state index contributed by atoms with van der Waals surface area (Å²) in [5, 5.41) is 0.831. The standard InChI is InChI=1S/C14H12N2O2S/c1-9-13(18-2)11(17)7-8-16(9)14-15-10-5-3-4-6-12(10)19-14/h3-8H,1-2H3. The number of ether oxygens (including phenoxy) is 1. The van der Waals surface area contributed by atoms with Crippen LogP contribution in [0.3, 0.4) is 0 Å². The average Bonchev–Trinajstić information content (AvgIpc) is 2.82. The minimum atomic E-state index is -0.114. The maximum atomic E-state index is 11.7. The second-order valence-corrected chi connectivity index (χ2v) is 5.14. The van der Waals surface area contributed by atoms with Crippen molar-refractivity contribution >= 4 is 21.6 Å². The topological polar surface area (TPSA) is 44.1 Å². The second-order valence-electron chi connectivity index (χ2n) is 4.13. The Kier molecular flexibility index (Phi) is 2.83. The zero-order chi connectivity index (χ0) is 13.4. The average molecular weight is 272 g/mol. The molecule has 0 bridgehead atoms. The van der Waals surface area contributed by atoms with Crippen molar-refractivity contribution < 1.29 is 4.74 Å². The fourth-order valence-electron chi connectivity index (χ4n) is 2.04. The molecule has 0 fully saturated rings. The molecule has 2 aromatic heterocycles. The highest BCUT2D eigenvalue weighted by molar-refractivity contribution is 7.20. The minimum absolute atomic E-state index is 0.114. The summed E-state index contributed by atoms with van der Waals surface area (Å²) in [6.07, 6.45) is 1.73. The van der Waals surface area contributed by atoms with E-state index in [1.807, 2.05) is 35.8 Å². The van der Waals surface area contributed by atoms with Crippen molar-refractivity contribution in [3.05, 3.63) is 52.4 Å². The normalized spacial score (nSPS) is 10.8. The highest BCUT2D eigenvalue weighted by atomic mass is 32.1. The fourth-order valence-corrected chi connectivity index (χ4v) is 3.04. The van der Waals surface area contributed by atoms with Crippen LogP contribution in [0.1, 0.15) is 5.69 Å². The van der Waals surface area contributed by atoms with Crippen LogP contribution in [0.2, 0.25) is 0 Å². The third-order valence-corrected chi connectivity index (χ3v) is 4.02. The molecule has 1 aromatic carbocycles. The van der Waals surface area contributed by atoms with Crippen LogP contribution in [0, 0.1) is 6.92 Å². The number of nitrogens with zero attached hydrogens (tertiary/aromatic N) is 2. The Bertz CT molecular complexity index is 772. The lowest BCUT2D eigenvalue weighted by atomic mass is 10.3. The maximum absolute atomic E-state index is 11.7. The molecule has 96 valence electrons. The van der Waals surface area contributed by atoms with E-state index < -0.39 is 0 Å². The van der Waals surface area contributed by atoms with E-state index in [2.05, 4.69) is 4.98 Å². The first kappa shape index (κ1) is 11.9. The number of fused-ring (bicyclic) bond motifs is 1. The van der Waals surface area contributed by atoms with Gasteiger partial charge in [0.2, 0.25) is 5.43 Å². The number of rotatable bonds is 2. The lowest BCUT2D eigenvalue weighted by Crippen LogP contribution is -2.11. The fraction of sp³-hybridized carbons (Fsp3) is 0.143. The van der Waals surface area contributed by atoms with Crippen LogP contribution in [0.5, 0.6) is 5.75 Å². The summed E-state index contributed by atoms with van der Waals surface area (Å²) in [5.74, 6) is 0.363. The van der Waals surface area contributed by atoms with Gasteiger partial charge >= 0.3 is 0 Å². The van der Waals surface area contributed by atoms with E-state index >= 15 is 0 Å². The van der Waals surface area contributed by atoms with Crippen LogP contribution in [-0.2, 0) is 0 Å². The molecule has 4 nitrogen and oxygen atoms in total. The quantitative estimate of drug-likeness (QED) is 0.720. The third kappa shape index (κ3) is 1.92. The molecule has 0 N–H and O–H groups in total. The van der Waals surface area contributed by atoms with Gasteiger partial charge in [0.05, 0.1) is 23.0 Å². The molecular formula is C14H12N2O2S. The SMILES string of the molecule is COc1c(C)n(-c2nc3ccccc3s2)ccc1=O. The van der Waals surface area contributed by atoms with Crippen molar-refractivity contribution in [1.29, 1.82) is 0 Å². The number of thiazole rings is 1. The van der Waals surface area contributed by atoms with Crippen molar-refractivity contribution in [2.24, 2.45) is 0 Å². The van der Waals surface area contributed by atoms with Gasteiger partial charge in [-0.1, -0.05) is 23.5 Å². The number of hydrogen-bond acceptors (Lipinski definition) is 4. The predicted octanol–water partition coefficient (Wildman–Crippen LogP) is 2.76. The lowest BCUT2D eigenvalue weighted by Gasteiger charge is -2.09. The first-order valence-corrected chi connectivity index (χ1v) is 6.64. The van der Waals surface area contributed by atoms with Crippen molar-refractivity contribution in [2.75, 3.05) is 7.11 Å². The third-order valence-electron chi connectivity index (χ3n) is 2.98. The van der Waals surface area contributed by atoms with E-state index in [0.29, 0.717) is 5.75 Å². The molecule has 2 heterocycles. The van der Waals surface area contributed by atoms with E-state index in [1.54, 1.807) is 17.5 Å². The zero-order valence-electron chi connectivity index (χ0n) is 10.6. The van der Waals surface area contributed by atoms with Gasteiger partial charge in [-0.15, -0.1) is 0 Å². The van der Waals surface area contributed by atoms with E-state index in [-0.39, 0.29) is 5.43 Å². The van der Waals surface area contributed by atoms with Crippen LogP contribution in [-0.4, -0.2) is 16.7 Å². The number of aromatic nitrogens is 2. The Labute approximate surface area is 113 Å². The molecule has 0 saturated heterocycles. The summed E-state index contributed by atoms with van der Waals surface area (Å²) in [7, 11) is 1.51. The van der Waals surface area contributed by atoms with Gasteiger partial charge in [0.15, 0.2) is 10.9 Å². The molecule has 0 amide bonds. The molecule has 0 spiro atoms. The summed E-state index contributed by atoms with van der Waals surface area (Å²) in [4.78, 5) is 16.2. The molecule has 0 atom stereocenters. The second kappa shape index (κ2) is 4.51. The van der Waals surface area contributed by atoms with Crippen LogP contribution in [0.25, 0.3) is 15.3 Å². The van der Waals surface area contributed by atoms with Gasteiger partial charge in [0.25, 0.3) is 0 Å². The molecule has 0 aliphatic rings. The Balaban J connectivity index is 2.24. The molecule has 0 radical (unpaired) electrons. The highest BCUT2D eigenvalue weighted by Crippen LogP contribution is 2.26. The van der Waals surface area contributed by atoms with Gasteiger partial charge in [0, 0.05) is 12.3 Å². The molecule has 0 unspecified atom stereocenters. The van der Waals surface area contributed by atoms with Gasteiger partial charge in [-0.2, -0.15) is 0 Å². The van der Waals surface area contributed by atoms with Gasteiger partial charge in [-0.25, -0.2) is 4.98 Å². The summed E-state index contributed by atoms with van der Waals surface area (Å²) in [6.45, 7) is 1.85. The zero-order valence-corrected chi connectivity index (χ0v) is 11.4. The van der Waals surface area contributed by atoms with Gasteiger partial charge in [-0.05, 0) is 19.1 Å². The van der Waals surface area contributed by atoms with Crippen molar-refractivity contribution in [1.82, 2.24) is 9.55 Å². The largest absolute Gasteiger partial charge is 0.491 e. The Morgan fingerprint density at radius 1 is 1.26 bits per heavy atom. The first-order valence-electron chi connectivity index (χ1n) is 5.83. The van der Waals surface area contributed by atoms with Crippen LogP contribution < -0.4 is 10.2 Å². The van der Waals surface area contributed by atoms with Crippen LogP contribution in [0.15, 0.2) is 41.3 Å². The number of benzene rings is 1. The Morgan fingerprint density at radius 3 is 2.79 bits per heavy atom. The van der Waals surface area contributed by atoms with Crippen LogP contribution in [0.4, 0.5) is 0 Å². The molecule has 3 aromatic rings. The Hall–Kier alpha value is -2.14. The van der Waals surface area contributed by atoms with E-state index in [9.17, 15) is 4.79 Å². The molecule has 3 rings (SSSR count). The van der Waals surface area contributed by atoms with E-state index in [1.165, 1.54) is 13.2 Å². The molecular weight excluding hydrogens is 260 g/mol. The molecule has 5 heteroatoms. The Morgan fingerprint density at radius 2 is 2.05 bits per heavy atom. The lowest BCUT2D eigenvalue weighted by molar-refractivity contribution is 0.403. The summed E-state index contributed by atoms with van der Waals surface area (Å²) >= 11 is 1.58. The van der Waals surface area contributed by atoms with Crippen molar-refractivity contribution in [3.63, 3.8) is 0 Å². The van der Waals surface area contributed by atoms with Crippen molar-refractivity contribution in [3.8, 4) is 10.9 Å². The molecule has 0 aliphatic carbocycles. The number of hydrogen-bond donors (Lipinski definition) is 0. The number of pyridine rings is 1. The van der Waals surface area contributed by atoms with Gasteiger partial charge in [0.1, 0.15) is 0 Å². The molecule has 19 heavy (non-hydrogen) atoms. The highest BCUT2D eigenvalue weighted by Gasteiger charge is 2.11. The van der Waals surface area contributed by atoms with Crippen LogP contribution >= 0.6 is 11.3 Å². The first-order chi connectivity index (χ1) is 9.20. The van der Waals surface area contributed by atoms with Crippen molar-refractivity contribution in [2.45, 2.75) is 6.92 Å². The van der Waals surface area contributed by atoms with E-state index in [0.717, 1.165) is 21.0 Å². The summed E-state index contributed by atoms with van der Waals surface area (Å²) in [5.41, 5.74) is 1.60. The van der Waals surface area contributed by atoms with Gasteiger partial charge < -0.3 is 4.74 Å². The smallest absolute Gasteiger partial charge is 0.223 e. The van der Waals surface area contributed by atoms with Gasteiger partial charge in [-0.3, -0.25) is 9.36 Å². The molecule has 0 saturated carbocycles.